The minimum absolute atomic E-state index is 0.773. The lowest BCUT2D eigenvalue weighted by Crippen LogP contribution is -2.40. The molecule has 3 heterocycles. The summed E-state index contributed by atoms with van der Waals surface area (Å²) in [6, 6.07) is 10.4. The van der Waals surface area contributed by atoms with Crippen LogP contribution >= 0.6 is 11.3 Å². The van der Waals surface area contributed by atoms with Crippen LogP contribution in [0.5, 0.6) is 0 Å². The highest BCUT2D eigenvalue weighted by molar-refractivity contribution is 7.13. The van der Waals surface area contributed by atoms with Crippen LogP contribution in [-0.2, 0) is 6.42 Å². The lowest BCUT2D eigenvalue weighted by atomic mass is 10.1. The predicted molar refractivity (Wildman–Crippen MR) is 115 cm³/mol. The third kappa shape index (κ3) is 5.01. The van der Waals surface area contributed by atoms with Crippen LogP contribution in [0.15, 0.2) is 40.7 Å². The normalized spacial score (nSPS) is 18.1. The van der Waals surface area contributed by atoms with Crippen molar-refractivity contribution < 1.29 is 0 Å². The number of para-hydroxylation sites is 1. The van der Waals surface area contributed by atoms with Crippen LogP contribution in [0.3, 0.4) is 0 Å². The van der Waals surface area contributed by atoms with Crippen molar-refractivity contribution in [2.75, 3.05) is 42.9 Å². The number of thiazole rings is 1. The largest absolute Gasteiger partial charge is 0.348 e. The first-order valence-electron chi connectivity index (χ1n) is 10.2. The van der Waals surface area contributed by atoms with Gasteiger partial charge in [0.15, 0.2) is 11.1 Å². The molecule has 0 saturated carbocycles. The number of anilines is 2. The first-order valence-corrected chi connectivity index (χ1v) is 11.1. The van der Waals surface area contributed by atoms with Gasteiger partial charge in [0.05, 0.1) is 5.69 Å². The van der Waals surface area contributed by atoms with Crippen molar-refractivity contribution in [2.24, 2.45) is 4.99 Å². The van der Waals surface area contributed by atoms with Gasteiger partial charge in [0, 0.05) is 50.2 Å². The monoisotopic (exact) mass is 383 g/mol. The van der Waals surface area contributed by atoms with Gasteiger partial charge in [-0.3, -0.25) is 4.99 Å². The Bertz CT molecular complexity index is 730. The fourth-order valence-corrected chi connectivity index (χ4v) is 4.63. The molecule has 4 rings (SSSR count). The van der Waals surface area contributed by atoms with Gasteiger partial charge in [-0.2, -0.15) is 0 Å². The molecule has 2 aliphatic rings. The van der Waals surface area contributed by atoms with Crippen molar-refractivity contribution in [3.8, 4) is 0 Å². The van der Waals surface area contributed by atoms with Crippen LogP contribution in [0.2, 0.25) is 0 Å². The first-order chi connectivity index (χ1) is 13.4. The van der Waals surface area contributed by atoms with Crippen molar-refractivity contribution in [2.45, 2.75) is 38.5 Å². The van der Waals surface area contributed by atoms with E-state index in [4.69, 9.17) is 9.98 Å². The molecule has 0 spiro atoms. The van der Waals surface area contributed by atoms with E-state index < -0.39 is 0 Å². The summed E-state index contributed by atoms with van der Waals surface area (Å²) in [5.41, 5.74) is 2.27. The summed E-state index contributed by atoms with van der Waals surface area (Å²) in [6.45, 7) is 5.27. The maximum atomic E-state index is 4.93. The maximum Gasteiger partial charge on any atom is 0.198 e. The molecule has 27 heavy (non-hydrogen) atoms. The highest BCUT2D eigenvalue weighted by Crippen LogP contribution is 2.24. The Kier molecular flexibility index (Phi) is 6.25. The van der Waals surface area contributed by atoms with Crippen LogP contribution < -0.4 is 10.2 Å². The summed E-state index contributed by atoms with van der Waals surface area (Å²) < 4.78 is 0. The molecule has 1 aromatic heterocycles. The SMILES string of the molecule is c1ccc(NC(=NCCc2csc(N3CCCC3)n2)N2CCCCC2)cc1. The Morgan fingerprint density at radius 2 is 1.74 bits per heavy atom. The number of hydrogen-bond donors (Lipinski definition) is 1. The van der Waals surface area contributed by atoms with Gasteiger partial charge in [0.25, 0.3) is 0 Å². The molecule has 0 bridgehead atoms. The first kappa shape index (κ1) is 18.3. The van der Waals surface area contributed by atoms with E-state index in [9.17, 15) is 0 Å². The van der Waals surface area contributed by atoms with Gasteiger partial charge in [0.2, 0.25) is 0 Å². The molecule has 0 amide bonds. The third-order valence-electron chi connectivity index (χ3n) is 5.23. The Labute approximate surface area is 166 Å². The Morgan fingerprint density at radius 1 is 1.00 bits per heavy atom. The minimum Gasteiger partial charge on any atom is -0.348 e. The van der Waals surface area contributed by atoms with E-state index in [1.54, 1.807) is 11.3 Å². The zero-order chi connectivity index (χ0) is 18.3. The summed E-state index contributed by atoms with van der Waals surface area (Å²) in [6.07, 6.45) is 7.32. The zero-order valence-electron chi connectivity index (χ0n) is 15.9. The molecule has 2 saturated heterocycles. The molecule has 5 nitrogen and oxygen atoms in total. The van der Waals surface area contributed by atoms with Crippen LogP contribution in [0.4, 0.5) is 10.8 Å². The Hall–Kier alpha value is -2.08. The fraction of sp³-hybridized carbons (Fsp3) is 0.524. The molecular weight excluding hydrogens is 354 g/mol. The Morgan fingerprint density at radius 3 is 2.52 bits per heavy atom. The van der Waals surface area contributed by atoms with Crippen LogP contribution in [0.1, 0.15) is 37.8 Å². The van der Waals surface area contributed by atoms with Crippen LogP contribution in [-0.4, -0.2) is 48.6 Å². The topological polar surface area (TPSA) is 43.8 Å². The number of aliphatic imine (C=N–C) groups is 1. The number of guanidine groups is 1. The smallest absolute Gasteiger partial charge is 0.198 e. The summed E-state index contributed by atoms with van der Waals surface area (Å²) in [5, 5.41) is 6.92. The van der Waals surface area contributed by atoms with E-state index in [1.165, 1.54) is 42.9 Å². The van der Waals surface area contributed by atoms with Gasteiger partial charge >= 0.3 is 0 Å². The number of aromatic nitrogens is 1. The molecule has 0 radical (unpaired) electrons. The van der Waals surface area contributed by atoms with Crippen LogP contribution in [0.25, 0.3) is 0 Å². The number of piperidine rings is 1. The molecule has 1 aromatic carbocycles. The summed E-state index contributed by atoms with van der Waals surface area (Å²) in [4.78, 5) is 14.6. The summed E-state index contributed by atoms with van der Waals surface area (Å²) >= 11 is 1.78. The van der Waals surface area contributed by atoms with Crippen molar-refractivity contribution in [3.05, 3.63) is 41.4 Å². The summed E-state index contributed by atoms with van der Waals surface area (Å²) in [5.74, 6) is 1.01. The molecule has 2 aromatic rings. The van der Waals surface area contributed by atoms with Crippen molar-refractivity contribution in [1.29, 1.82) is 0 Å². The molecule has 2 fully saturated rings. The van der Waals surface area contributed by atoms with Crippen LogP contribution in [0, 0.1) is 0 Å². The van der Waals surface area contributed by atoms with Gasteiger partial charge in [-0.1, -0.05) is 18.2 Å². The highest BCUT2D eigenvalue weighted by Gasteiger charge is 2.17. The Balaban J connectivity index is 1.39. The number of hydrogen-bond acceptors (Lipinski definition) is 4. The average molecular weight is 384 g/mol. The number of nitrogens with zero attached hydrogens (tertiary/aromatic N) is 4. The molecule has 0 unspecified atom stereocenters. The third-order valence-corrected chi connectivity index (χ3v) is 6.18. The standard InChI is InChI=1S/C21H29N5S/c1-3-9-18(10-4-1)23-20(25-13-5-2-6-14-25)22-12-11-19-17-27-21(24-19)26-15-7-8-16-26/h1,3-4,9-10,17H,2,5-8,11-16H2,(H,22,23). The maximum absolute atomic E-state index is 4.93. The van der Waals surface area contributed by atoms with Gasteiger partial charge < -0.3 is 15.1 Å². The van der Waals surface area contributed by atoms with E-state index in [0.29, 0.717) is 0 Å². The number of benzene rings is 1. The van der Waals surface area contributed by atoms with E-state index in [2.05, 4.69) is 44.8 Å². The lowest BCUT2D eigenvalue weighted by molar-refractivity contribution is 0.340. The lowest BCUT2D eigenvalue weighted by Gasteiger charge is -2.30. The number of likely N-dealkylation sites (tertiary alicyclic amines) is 1. The van der Waals surface area contributed by atoms with E-state index in [1.807, 2.05) is 6.07 Å². The van der Waals surface area contributed by atoms with Crippen molar-refractivity contribution >= 4 is 28.1 Å². The van der Waals surface area contributed by atoms with Crippen molar-refractivity contribution in [1.82, 2.24) is 9.88 Å². The molecule has 144 valence electrons. The highest BCUT2D eigenvalue weighted by atomic mass is 32.1. The molecule has 2 aliphatic heterocycles. The number of rotatable bonds is 5. The van der Waals surface area contributed by atoms with E-state index >= 15 is 0 Å². The van der Waals surface area contributed by atoms with Crippen molar-refractivity contribution in [3.63, 3.8) is 0 Å². The second-order valence-corrected chi connectivity index (χ2v) is 8.15. The number of nitrogens with one attached hydrogen (secondary N) is 1. The average Bonchev–Trinajstić information content (AvgIpc) is 3.41. The van der Waals surface area contributed by atoms with E-state index in [0.717, 1.165) is 50.8 Å². The minimum atomic E-state index is 0.773. The molecule has 6 heteroatoms. The molecule has 0 atom stereocenters. The van der Waals surface area contributed by atoms with E-state index in [-0.39, 0.29) is 0 Å². The van der Waals surface area contributed by atoms with Gasteiger partial charge in [0.1, 0.15) is 0 Å². The molecule has 0 aliphatic carbocycles. The predicted octanol–water partition coefficient (Wildman–Crippen LogP) is 4.24. The van der Waals surface area contributed by atoms with Gasteiger partial charge in [-0.15, -0.1) is 11.3 Å². The van der Waals surface area contributed by atoms with Gasteiger partial charge in [-0.25, -0.2) is 4.98 Å². The summed E-state index contributed by atoms with van der Waals surface area (Å²) in [7, 11) is 0. The second-order valence-electron chi connectivity index (χ2n) is 7.31. The zero-order valence-corrected chi connectivity index (χ0v) is 16.8. The second kappa shape index (κ2) is 9.22. The van der Waals surface area contributed by atoms with Gasteiger partial charge in [-0.05, 0) is 44.2 Å². The molecular formula is C21H29N5S. The quantitative estimate of drug-likeness (QED) is 0.619. The fourth-order valence-electron chi connectivity index (χ4n) is 3.72. The molecule has 1 N–H and O–H groups in total.